The molecule has 0 aromatic heterocycles. The van der Waals surface area contributed by atoms with Gasteiger partial charge in [-0.3, -0.25) is 4.79 Å². The molecule has 0 aliphatic rings. The third-order valence-corrected chi connectivity index (χ3v) is 2.12. The standard InChI is InChI=1S/C10H12ClNO.C2H6/c1-3-9(13)12-10-7(2)5-4-6-8(10)11;1-2/h4-6H,3H2,1-2H3,(H,12,13);1-2H3. The Morgan fingerprint density at radius 2 is 2.00 bits per heavy atom. The number of amides is 1. The van der Waals surface area contributed by atoms with Gasteiger partial charge in [0.25, 0.3) is 0 Å². The Bertz CT molecular complexity index is 303. The van der Waals surface area contributed by atoms with Crippen LogP contribution in [0.4, 0.5) is 5.69 Å². The van der Waals surface area contributed by atoms with Crippen LogP contribution in [-0.4, -0.2) is 5.91 Å². The summed E-state index contributed by atoms with van der Waals surface area (Å²) in [4.78, 5) is 11.1. The Hall–Kier alpha value is -1.02. The van der Waals surface area contributed by atoms with Gasteiger partial charge < -0.3 is 5.32 Å². The van der Waals surface area contributed by atoms with Crippen LogP contribution in [0.15, 0.2) is 18.2 Å². The number of hydrogen-bond donors (Lipinski definition) is 1. The number of carbonyl (C=O) groups is 1. The maximum absolute atomic E-state index is 11.1. The highest BCUT2D eigenvalue weighted by molar-refractivity contribution is 6.33. The molecule has 0 radical (unpaired) electrons. The number of rotatable bonds is 2. The molecule has 1 N–H and O–H groups in total. The van der Waals surface area contributed by atoms with Crippen molar-refractivity contribution >= 4 is 23.2 Å². The first-order chi connectivity index (χ1) is 7.15. The third kappa shape index (κ3) is 4.34. The molecule has 2 nitrogen and oxygen atoms in total. The number of anilines is 1. The van der Waals surface area contributed by atoms with Crippen molar-refractivity contribution in [3.63, 3.8) is 0 Å². The van der Waals surface area contributed by atoms with Crippen molar-refractivity contribution in [2.45, 2.75) is 34.1 Å². The van der Waals surface area contributed by atoms with E-state index in [9.17, 15) is 4.79 Å². The van der Waals surface area contributed by atoms with Crippen molar-refractivity contribution in [3.8, 4) is 0 Å². The molecule has 0 saturated heterocycles. The lowest BCUT2D eigenvalue weighted by Crippen LogP contribution is -2.10. The van der Waals surface area contributed by atoms with E-state index in [-0.39, 0.29) is 5.91 Å². The zero-order valence-electron chi connectivity index (χ0n) is 9.73. The Morgan fingerprint density at radius 1 is 1.40 bits per heavy atom. The van der Waals surface area contributed by atoms with E-state index in [2.05, 4.69) is 5.32 Å². The average Bonchev–Trinajstić information content (AvgIpc) is 2.26. The fraction of sp³-hybridized carbons (Fsp3) is 0.417. The first-order valence-electron chi connectivity index (χ1n) is 5.20. The minimum absolute atomic E-state index is 0.0174. The predicted octanol–water partition coefficient (Wildman–Crippen LogP) is 4.02. The monoisotopic (exact) mass is 227 g/mol. The normalized spacial score (nSPS) is 8.87. The molecule has 0 aliphatic carbocycles. The number of nitrogens with one attached hydrogen (secondary N) is 1. The summed E-state index contributed by atoms with van der Waals surface area (Å²) >= 11 is 5.92. The Balaban J connectivity index is 0.000000921. The second-order valence-corrected chi connectivity index (χ2v) is 3.24. The largest absolute Gasteiger partial charge is 0.325 e. The van der Waals surface area contributed by atoms with E-state index in [1.807, 2.05) is 39.8 Å². The van der Waals surface area contributed by atoms with Crippen molar-refractivity contribution in [3.05, 3.63) is 28.8 Å². The quantitative estimate of drug-likeness (QED) is 0.812. The van der Waals surface area contributed by atoms with Crippen molar-refractivity contribution in [1.82, 2.24) is 0 Å². The Kier molecular flexibility index (Phi) is 6.80. The molecule has 1 aromatic carbocycles. The van der Waals surface area contributed by atoms with Crippen molar-refractivity contribution in [2.24, 2.45) is 0 Å². The highest BCUT2D eigenvalue weighted by Crippen LogP contribution is 2.25. The molecule has 0 saturated carbocycles. The number of carbonyl (C=O) groups excluding carboxylic acids is 1. The van der Waals surface area contributed by atoms with E-state index in [0.717, 1.165) is 11.3 Å². The van der Waals surface area contributed by atoms with Gasteiger partial charge in [0.1, 0.15) is 0 Å². The summed E-state index contributed by atoms with van der Waals surface area (Å²) in [5.41, 5.74) is 1.70. The van der Waals surface area contributed by atoms with E-state index in [4.69, 9.17) is 11.6 Å². The molecule has 1 rings (SSSR count). The topological polar surface area (TPSA) is 29.1 Å². The molecule has 1 amide bonds. The average molecular weight is 228 g/mol. The van der Waals surface area contributed by atoms with E-state index in [0.29, 0.717) is 11.4 Å². The zero-order valence-corrected chi connectivity index (χ0v) is 10.5. The molecular weight excluding hydrogens is 210 g/mol. The summed E-state index contributed by atoms with van der Waals surface area (Å²) in [5.74, 6) is -0.0174. The van der Waals surface area contributed by atoms with Crippen LogP contribution in [-0.2, 0) is 4.79 Å². The maximum atomic E-state index is 11.1. The highest BCUT2D eigenvalue weighted by atomic mass is 35.5. The molecule has 0 bridgehead atoms. The summed E-state index contributed by atoms with van der Waals surface area (Å²) in [6, 6.07) is 5.54. The predicted molar refractivity (Wildman–Crippen MR) is 66.5 cm³/mol. The number of aryl methyl sites for hydroxylation is 1. The van der Waals surface area contributed by atoms with Crippen LogP contribution in [0.5, 0.6) is 0 Å². The van der Waals surface area contributed by atoms with E-state index in [1.54, 1.807) is 6.07 Å². The molecule has 15 heavy (non-hydrogen) atoms. The Labute approximate surface area is 96.6 Å². The lowest BCUT2D eigenvalue weighted by Gasteiger charge is -2.08. The molecule has 0 aliphatic heterocycles. The first kappa shape index (κ1) is 14.0. The lowest BCUT2D eigenvalue weighted by molar-refractivity contribution is -0.115. The summed E-state index contributed by atoms with van der Waals surface area (Å²) in [7, 11) is 0. The summed E-state index contributed by atoms with van der Waals surface area (Å²) < 4.78 is 0. The first-order valence-corrected chi connectivity index (χ1v) is 5.58. The van der Waals surface area contributed by atoms with Crippen molar-refractivity contribution < 1.29 is 4.79 Å². The zero-order chi connectivity index (χ0) is 11.8. The van der Waals surface area contributed by atoms with Crippen LogP contribution < -0.4 is 5.32 Å². The molecule has 0 atom stereocenters. The van der Waals surface area contributed by atoms with Crippen LogP contribution in [0.3, 0.4) is 0 Å². The second-order valence-electron chi connectivity index (χ2n) is 2.83. The van der Waals surface area contributed by atoms with E-state index >= 15 is 0 Å². The van der Waals surface area contributed by atoms with Gasteiger partial charge in [0.2, 0.25) is 5.91 Å². The minimum Gasteiger partial charge on any atom is -0.325 e. The number of hydrogen-bond acceptors (Lipinski definition) is 1. The van der Waals surface area contributed by atoms with Crippen molar-refractivity contribution in [1.29, 1.82) is 0 Å². The fourth-order valence-corrected chi connectivity index (χ4v) is 1.29. The van der Waals surface area contributed by atoms with Gasteiger partial charge in [-0.1, -0.05) is 44.5 Å². The van der Waals surface area contributed by atoms with Crippen LogP contribution in [0.25, 0.3) is 0 Å². The molecule has 1 aromatic rings. The number of benzene rings is 1. The van der Waals surface area contributed by atoms with Gasteiger partial charge in [0, 0.05) is 6.42 Å². The third-order valence-electron chi connectivity index (χ3n) is 1.81. The molecule has 0 spiro atoms. The van der Waals surface area contributed by atoms with Crippen LogP contribution in [0.1, 0.15) is 32.8 Å². The van der Waals surface area contributed by atoms with Gasteiger partial charge in [0.05, 0.1) is 10.7 Å². The van der Waals surface area contributed by atoms with Gasteiger partial charge in [0.15, 0.2) is 0 Å². The summed E-state index contributed by atoms with van der Waals surface area (Å²) in [6.45, 7) is 7.72. The molecular formula is C12H18ClNO. The van der Waals surface area contributed by atoms with Gasteiger partial charge in [-0.15, -0.1) is 0 Å². The van der Waals surface area contributed by atoms with Gasteiger partial charge >= 0.3 is 0 Å². The summed E-state index contributed by atoms with van der Waals surface area (Å²) in [6.07, 6.45) is 0.463. The van der Waals surface area contributed by atoms with Crippen molar-refractivity contribution in [2.75, 3.05) is 5.32 Å². The molecule has 0 fully saturated rings. The van der Waals surface area contributed by atoms with Gasteiger partial charge in [-0.25, -0.2) is 0 Å². The SMILES string of the molecule is CC.CCC(=O)Nc1c(C)cccc1Cl. The smallest absolute Gasteiger partial charge is 0.224 e. The van der Waals surface area contributed by atoms with Crippen LogP contribution in [0.2, 0.25) is 5.02 Å². The second kappa shape index (κ2) is 7.30. The van der Waals surface area contributed by atoms with Gasteiger partial charge in [-0.2, -0.15) is 0 Å². The van der Waals surface area contributed by atoms with E-state index < -0.39 is 0 Å². The number of halogens is 1. The summed E-state index contributed by atoms with van der Waals surface area (Å²) in [5, 5.41) is 3.34. The van der Waals surface area contributed by atoms with E-state index in [1.165, 1.54) is 0 Å². The minimum atomic E-state index is -0.0174. The highest BCUT2D eigenvalue weighted by Gasteiger charge is 2.05. The Morgan fingerprint density at radius 3 is 2.47 bits per heavy atom. The molecule has 84 valence electrons. The lowest BCUT2D eigenvalue weighted by atomic mass is 10.2. The fourth-order valence-electron chi connectivity index (χ4n) is 1.02. The van der Waals surface area contributed by atoms with Crippen LogP contribution >= 0.6 is 11.6 Å². The number of para-hydroxylation sites is 1. The molecule has 3 heteroatoms. The van der Waals surface area contributed by atoms with Gasteiger partial charge in [-0.05, 0) is 18.6 Å². The van der Waals surface area contributed by atoms with Crippen LogP contribution in [0, 0.1) is 6.92 Å². The molecule has 0 heterocycles. The molecule has 0 unspecified atom stereocenters. The maximum Gasteiger partial charge on any atom is 0.224 e.